The van der Waals surface area contributed by atoms with Crippen molar-refractivity contribution in [2.24, 2.45) is 5.92 Å². The molecule has 1 aliphatic heterocycles. The molecular formula is C14H25N5. The molecule has 0 spiro atoms. The third-order valence-corrected chi connectivity index (χ3v) is 3.63. The number of aromatic nitrogens is 2. The Balaban J connectivity index is 1.86. The third kappa shape index (κ3) is 4.35. The maximum absolute atomic E-state index is 4.33. The Bertz CT molecular complexity index is 376. The molecule has 1 aliphatic rings. The van der Waals surface area contributed by atoms with Gasteiger partial charge in [-0.15, -0.1) is 0 Å². The van der Waals surface area contributed by atoms with Gasteiger partial charge in [-0.1, -0.05) is 13.3 Å². The topological polar surface area (TPSA) is 53.1 Å². The van der Waals surface area contributed by atoms with Crippen LogP contribution >= 0.6 is 0 Å². The standard InChI is InChI=1S/C14H25N5/c1-3-4-7-19(2)14-8-13(17-11-18-14)16-10-12-5-6-15-9-12/h8,11-12,15H,3-7,9-10H2,1-2H3,(H,16,17,18). The Morgan fingerprint density at radius 1 is 1.47 bits per heavy atom. The molecule has 5 nitrogen and oxygen atoms in total. The van der Waals surface area contributed by atoms with E-state index < -0.39 is 0 Å². The van der Waals surface area contributed by atoms with Crippen LogP contribution in [-0.2, 0) is 0 Å². The largest absolute Gasteiger partial charge is 0.370 e. The van der Waals surface area contributed by atoms with Crippen molar-refractivity contribution in [1.82, 2.24) is 15.3 Å². The van der Waals surface area contributed by atoms with Gasteiger partial charge in [0.2, 0.25) is 0 Å². The average Bonchev–Trinajstić information content (AvgIpc) is 2.96. The zero-order valence-corrected chi connectivity index (χ0v) is 12.0. The Hall–Kier alpha value is -1.36. The van der Waals surface area contributed by atoms with Crippen molar-refractivity contribution in [2.45, 2.75) is 26.2 Å². The Kier molecular flexibility index (Phi) is 5.39. The minimum absolute atomic E-state index is 0.719. The highest BCUT2D eigenvalue weighted by atomic mass is 15.2. The number of anilines is 2. The summed E-state index contributed by atoms with van der Waals surface area (Å²) in [5.74, 6) is 2.65. The van der Waals surface area contributed by atoms with Gasteiger partial charge < -0.3 is 15.5 Å². The lowest BCUT2D eigenvalue weighted by Crippen LogP contribution is -2.21. The van der Waals surface area contributed by atoms with Gasteiger partial charge in [0.15, 0.2) is 0 Å². The summed E-state index contributed by atoms with van der Waals surface area (Å²) in [5.41, 5.74) is 0. The monoisotopic (exact) mass is 263 g/mol. The van der Waals surface area contributed by atoms with Crippen LogP contribution in [0.1, 0.15) is 26.2 Å². The van der Waals surface area contributed by atoms with Crippen LogP contribution in [0.15, 0.2) is 12.4 Å². The van der Waals surface area contributed by atoms with E-state index in [9.17, 15) is 0 Å². The lowest BCUT2D eigenvalue weighted by atomic mass is 10.1. The van der Waals surface area contributed by atoms with E-state index >= 15 is 0 Å². The van der Waals surface area contributed by atoms with E-state index in [4.69, 9.17) is 0 Å². The molecular weight excluding hydrogens is 238 g/mol. The first-order chi connectivity index (χ1) is 9.29. The van der Waals surface area contributed by atoms with Crippen molar-refractivity contribution in [1.29, 1.82) is 0 Å². The van der Waals surface area contributed by atoms with Crippen LogP contribution in [0.25, 0.3) is 0 Å². The van der Waals surface area contributed by atoms with Crippen molar-refractivity contribution in [2.75, 3.05) is 43.4 Å². The van der Waals surface area contributed by atoms with Crippen LogP contribution in [0.5, 0.6) is 0 Å². The van der Waals surface area contributed by atoms with E-state index in [0.717, 1.165) is 43.7 Å². The van der Waals surface area contributed by atoms with Gasteiger partial charge in [-0.05, 0) is 31.8 Å². The fourth-order valence-corrected chi connectivity index (χ4v) is 2.30. The second kappa shape index (κ2) is 7.28. The van der Waals surface area contributed by atoms with E-state index in [-0.39, 0.29) is 0 Å². The fourth-order valence-electron chi connectivity index (χ4n) is 2.30. The summed E-state index contributed by atoms with van der Waals surface area (Å²) in [6.07, 6.45) is 5.29. The van der Waals surface area contributed by atoms with Gasteiger partial charge in [0, 0.05) is 26.2 Å². The van der Waals surface area contributed by atoms with Gasteiger partial charge in [-0.25, -0.2) is 9.97 Å². The summed E-state index contributed by atoms with van der Waals surface area (Å²) in [4.78, 5) is 10.8. The number of unbranched alkanes of at least 4 members (excludes halogenated alkanes) is 1. The zero-order chi connectivity index (χ0) is 13.5. The first-order valence-electron chi connectivity index (χ1n) is 7.27. The molecule has 106 valence electrons. The van der Waals surface area contributed by atoms with E-state index in [1.54, 1.807) is 6.33 Å². The van der Waals surface area contributed by atoms with Crippen molar-refractivity contribution in [3.63, 3.8) is 0 Å². The number of hydrogen-bond donors (Lipinski definition) is 2. The van der Waals surface area contributed by atoms with E-state index in [2.05, 4.69) is 39.5 Å². The predicted octanol–water partition coefficient (Wildman–Crippen LogP) is 1.73. The fraction of sp³-hybridized carbons (Fsp3) is 0.714. The van der Waals surface area contributed by atoms with Crippen LogP contribution in [-0.4, -0.2) is 43.2 Å². The minimum atomic E-state index is 0.719. The summed E-state index contributed by atoms with van der Waals surface area (Å²) >= 11 is 0. The SMILES string of the molecule is CCCCN(C)c1cc(NCC2CCNC2)ncn1. The number of nitrogens with zero attached hydrogens (tertiary/aromatic N) is 3. The Morgan fingerprint density at radius 2 is 2.37 bits per heavy atom. The van der Waals surface area contributed by atoms with Crippen molar-refractivity contribution in [3.8, 4) is 0 Å². The second-order valence-electron chi connectivity index (χ2n) is 5.28. The van der Waals surface area contributed by atoms with Crippen molar-refractivity contribution in [3.05, 3.63) is 12.4 Å². The van der Waals surface area contributed by atoms with E-state index in [0.29, 0.717) is 0 Å². The van der Waals surface area contributed by atoms with Gasteiger partial charge in [0.1, 0.15) is 18.0 Å². The van der Waals surface area contributed by atoms with Crippen LogP contribution < -0.4 is 15.5 Å². The molecule has 5 heteroatoms. The summed E-state index contributed by atoms with van der Waals surface area (Å²) in [5, 5.41) is 6.80. The summed E-state index contributed by atoms with van der Waals surface area (Å²) in [7, 11) is 2.09. The quantitative estimate of drug-likeness (QED) is 0.785. The lowest BCUT2D eigenvalue weighted by Gasteiger charge is -2.18. The number of nitrogens with one attached hydrogen (secondary N) is 2. The van der Waals surface area contributed by atoms with Crippen molar-refractivity contribution >= 4 is 11.6 Å². The van der Waals surface area contributed by atoms with Crippen LogP contribution in [0.4, 0.5) is 11.6 Å². The molecule has 2 N–H and O–H groups in total. The zero-order valence-electron chi connectivity index (χ0n) is 12.0. The molecule has 1 unspecified atom stereocenters. The van der Waals surface area contributed by atoms with Gasteiger partial charge in [-0.2, -0.15) is 0 Å². The molecule has 1 fully saturated rings. The molecule has 2 heterocycles. The summed E-state index contributed by atoms with van der Waals surface area (Å²) < 4.78 is 0. The molecule has 0 aliphatic carbocycles. The Labute approximate surface area is 115 Å². The average molecular weight is 263 g/mol. The van der Waals surface area contributed by atoms with Crippen LogP contribution in [0, 0.1) is 5.92 Å². The molecule has 1 atom stereocenters. The van der Waals surface area contributed by atoms with Crippen LogP contribution in [0.2, 0.25) is 0 Å². The highest BCUT2D eigenvalue weighted by Gasteiger charge is 2.14. The molecule has 1 saturated heterocycles. The van der Waals surface area contributed by atoms with E-state index in [1.165, 1.54) is 19.3 Å². The first kappa shape index (κ1) is 14.1. The Morgan fingerprint density at radius 3 is 3.11 bits per heavy atom. The molecule has 1 aromatic heterocycles. The van der Waals surface area contributed by atoms with Gasteiger partial charge in [0.05, 0.1) is 0 Å². The third-order valence-electron chi connectivity index (χ3n) is 3.63. The van der Waals surface area contributed by atoms with Gasteiger partial charge in [-0.3, -0.25) is 0 Å². The lowest BCUT2D eigenvalue weighted by molar-refractivity contribution is 0.614. The molecule has 0 radical (unpaired) electrons. The predicted molar refractivity (Wildman–Crippen MR) is 79.7 cm³/mol. The smallest absolute Gasteiger partial charge is 0.133 e. The minimum Gasteiger partial charge on any atom is -0.370 e. The molecule has 0 saturated carbocycles. The van der Waals surface area contributed by atoms with E-state index in [1.807, 2.05) is 6.07 Å². The molecule has 19 heavy (non-hydrogen) atoms. The number of hydrogen-bond acceptors (Lipinski definition) is 5. The molecule has 1 aromatic rings. The van der Waals surface area contributed by atoms with Gasteiger partial charge in [0.25, 0.3) is 0 Å². The highest BCUT2D eigenvalue weighted by molar-refractivity contribution is 5.47. The summed E-state index contributed by atoms with van der Waals surface area (Å²) in [6.45, 7) is 6.49. The maximum atomic E-state index is 4.33. The van der Waals surface area contributed by atoms with Crippen molar-refractivity contribution < 1.29 is 0 Å². The molecule has 0 bridgehead atoms. The number of rotatable bonds is 7. The molecule has 0 aromatic carbocycles. The van der Waals surface area contributed by atoms with Crippen LogP contribution in [0.3, 0.4) is 0 Å². The maximum Gasteiger partial charge on any atom is 0.133 e. The normalized spacial score (nSPS) is 18.5. The first-order valence-corrected chi connectivity index (χ1v) is 7.27. The molecule has 0 amide bonds. The highest BCUT2D eigenvalue weighted by Crippen LogP contribution is 2.14. The molecule has 2 rings (SSSR count). The second-order valence-corrected chi connectivity index (χ2v) is 5.28. The summed E-state index contributed by atoms with van der Waals surface area (Å²) in [6, 6.07) is 2.04. The van der Waals surface area contributed by atoms with Gasteiger partial charge >= 0.3 is 0 Å².